The number of urea groups is 1. The minimum atomic E-state index is -3.74. The molecule has 0 aromatic heterocycles. The highest BCUT2D eigenvalue weighted by Crippen LogP contribution is 2.31. The molecule has 2 heterocycles. The molecule has 0 radical (unpaired) electrons. The molecule has 4 rings (SSSR count). The number of benzene rings is 2. The molecule has 0 aliphatic carbocycles. The lowest BCUT2D eigenvalue weighted by Gasteiger charge is -2.26. The summed E-state index contributed by atoms with van der Waals surface area (Å²) in [6.45, 7) is 4.00. The first-order valence-corrected chi connectivity index (χ1v) is 13.4. The lowest BCUT2D eigenvalue weighted by Crippen LogP contribution is -2.42. The van der Waals surface area contributed by atoms with E-state index in [1.54, 1.807) is 44.2 Å². The number of nitrogens with one attached hydrogen (secondary N) is 2. The average molecular weight is 515 g/mol. The Morgan fingerprint density at radius 3 is 2.44 bits per heavy atom. The molecule has 0 spiro atoms. The van der Waals surface area contributed by atoms with E-state index in [2.05, 4.69) is 10.6 Å². The van der Waals surface area contributed by atoms with E-state index >= 15 is 0 Å². The fraction of sp³-hybridized carbons (Fsp3) is 0.400. The van der Waals surface area contributed by atoms with Crippen LogP contribution in [0.4, 0.5) is 10.5 Å². The van der Waals surface area contributed by atoms with Crippen LogP contribution in [0.15, 0.2) is 53.4 Å². The van der Waals surface area contributed by atoms with Gasteiger partial charge in [0.25, 0.3) is 5.91 Å². The molecule has 1 atom stereocenters. The molecule has 10 nitrogen and oxygen atoms in total. The van der Waals surface area contributed by atoms with Crippen molar-refractivity contribution in [2.24, 2.45) is 0 Å². The molecule has 2 saturated heterocycles. The number of hydrogen-bond donors (Lipinski definition) is 2. The van der Waals surface area contributed by atoms with Gasteiger partial charge >= 0.3 is 6.03 Å². The minimum Gasteiger partial charge on any atom is -0.492 e. The van der Waals surface area contributed by atoms with Crippen LogP contribution < -0.4 is 15.4 Å². The van der Waals surface area contributed by atoms with Gasteiger partial charge in [0.2, 0.25) is 15.9 Å². The van der Waals surface area contributed by atoms with Gasteiger partial charge in [-0.15, -0.1) is 0 Å². The average Bonchev–Trinajstić information content (AvgIpc) is 3.10. The van der Waals surface area contributed by atoms with Crippen molar-refractivity contribution in [3.05, 3.63) is 54.1 Å². The van der Waals surface area contributed by atoms with Crippen LogP contribution in [-0.4, -0.2) is 61.7 Å². The van der Waals surface area contributed by atoms with Gasteiger partial charge in [0.05, 0.1) is 17.2 Å². The standard InChI is InChI=1S/C25H30N4O6S/c1-3-35-21-13-12-19(36(33,34)28-14-8-5-9-15-28)16-20(21)26-22(30)17-29-23(31)25(2,27-24(29)32)18-10-6-4-7-11-18/h4,6-7,10-13,16H,3,5,8-9,14-15,17H2,1-2H3,(H,26,30)(H,27,32)/t25-/m1/s1. The number of sulfonamides is 1. The maximum atomic E-state index is 13.1. The number of piperidine rings is 1. The molecular weight excluding hydrogens is 484 g/mol. The highest BCUT2D eigenvalue weighted by Gasteiger charge is 2.49. The molecule has 2 fully saturated rings. The molecular formula is C25H30N4O6S. The number of carbonyl (C=O) groups excluding carboxylic acids is 3. The maximum Gasteiger partial charge on any atom is 0.325 e. The lowest BCUT2D eigenvalue weighted by molar-refractivity contribution is -0.133. The Kier molecular flexibility index (Phi) is 7.32. The summed E-state index contributed by atoms with van der Waals surface area (Å²) < 4.78 is 33.3. The quantitative estimate of drug-likeness (QED) is 0.522. The van der Waals surface area contributed by atoms with E-state index in [-0.39, 0.29) is 16.3 Å². The Labute approximate surface area is 210 Å². The summed E-state index contributed by atoms with van der Waals surface area (Å²) in [6.07, 6.45) is 2.59. The third-order valence-corrected chi connectivity index (χ3v) is 8.30. The van der Waals surface area contributed by atoms with Crippen LogP contribution in [0.25, 0.3) is 0 Å². The summed E-state index contributed by atoms with van der Waals surface area (Å²) >= 11 is 0. The minimum absolute atomic E-state index is 0.0368. The van der Waals surface area contributed by atoms with Gasteiger partial charge in [-0.3, -0.25) is 14.5 Å². The second kappa shape index (κ2) is 10.3. The van der Waals surface area contributed by atoms with Crippen LogP contribution in [0.3, 0.4) is 0 Å². The summed E-state index contributed by atoms with van der Waals surface area (Å²) in [5, 5.41) is 5.29. The molecule has 2 aromatic rings. The van der Waals surface area contributed by atoms with Crippen molar-refractivity contribution in [2.45, 2.75) is 43.5 Å². The number of anilines is 1. The van der Waals surface area contributed by atoms with Gasteiger partial charge in [0.15, 0.2) is 0 Å². The fourth-order valence-corrected chi connectivity index (χ4v) is 5.99. The van der Waals surface area contributed by atoms with E-state index in [4.69, 9.17) is 4.74 Å². The van der Waals surface area contributed by atoms with Gasteiger partial charge in [-0.1, -0.05) is 36.8 Å². The Balaban J connectivity index is 1.54. The predicted octanol–water partition coefficient (Wildman–Crippen LogP) is 2.67. The molecule has 192 valence electrons. The largest absolute Gasteiger partial charge is 0.492 e. The third-order valence-electron chi connectivity index (χ3n) is 6.41. The van der Waals surface area contributed by atoms with Crippen LogP contribution in [0.1, 0.15) is 38.7 Å². The normalized spacial score (nSPS) is 20.8. The van der Waals surface area contributed by atoms with Crippen LogP contribution in [0.5, 0.6) is 5.75 Å². The highest BCUT2D eigenvalue weighted by molar-refractivity contribution is 7.89. The summed E-state index contributed by atoms with van der Waals surface area (Å²) in [5.41, 5.74) is -0.546. The Bertz CT molecular complexity index is 1260. The number of hydrogen-bond acceptors (Lipinski definition) is 6. The number of carbonyl (C=O) groups is 3. The van der Waals surface area contributed by atoms with E-state index in [0.29, 0.717) is 25.3 Å². The first-order chi connectivity index (χ1) is 17.2. The van der Waals surface area contributed by atoms with Gasteiger partial charge in [-0.25, -0.2) is 13.2 Å². The van der Waals surface area contributed by atoms with Gasteiger partial charge in [0, 0.05) is 13.1 Å². The van der Waals surface area contributed by atoms with Crippen molar-refractivity contribution < 1.29 is 27.5 Å². The van der Waals surface area contributed by atoms with Gasteiger partial charge in [-0.2, -0.15) is 4.31 Å². The van der Waals surface area contributed by atoms with Gasteiger partial charge in [0.1, 0.15) is 17.8 Å². The molecule has 2 aliphatic heterocycles. The number of imide groups is 1. The topological polar surface area (TPSA) is 125 Å². The molecule has 0 saturated carbocycles. The lowest BCUT2D eigenvalue weighted by atomic mass is 9.92. The van der Waals surface area contributed by atoms with Crippen LogP contribution in [0, 0.1) is 0 Å². The number of nitrogens with zero attached hydrogens (tertiary/aromatic N) is 2. The first-order valence-electron chi connectivity index (χ1n) is 11.9. The molecule has 36 heavy (non-hydrogen) atoms. The Morgan fingerprint density at radius 2 is 1.78 bits per heavy atom. The monoisotopic (exact) mass is 514 g/mol. The van der Waals surface area contributed by atoms with E-state index in [1.165, 1.54) is 22.5 Å². The molecule has 11 heteroatoms. The molecule has 2 aliphatic rings. The maximum absolute atomic E-state index is 13.1. The summed E-state index contributed by atoms with van der Waals surface area (Å²) in [5.74, 6) is -0.931. The predicted molar refractivity (Wildman–Crippen MR) is 133 cm³/mol. The number of rotatable bonds is 8. The van der Waals surface area contributed by atoms with Crippen molar-refractivity contribution >= 4 is 33.6 Å². The Hall–Kier alpha value is -3.44. The smallest absolute Gasteiger partial charge is 0.325 e. The highest BCUT2D eigenvalue weighted by atomic mass is 32.2. The molecule has 2 N–H and O–H groups in total. The van der Waals surface area contributed by atoms with Crippen LogP contribution in [-0.2, 0) is 25.2 Å². The van der Waals surface area contributed by atoms with E-state index < -0.39 is 40.0 Å². The molecule has 4 amide bonds. The van der Waals surface area contributed by atoms with Crippen molar-refractivity contribution in [3.63, 3.8) is 0 Å². The summed E-state index contributed by atoms with van der Waals surface area (Å²) in [4.78, 5) is 39.5. The van der Waals surface area contributed by atoms with Crippen molar-refractivity contribution in [1.82, 2.24) is 14.5 Å². The fourth-order valence-electron chi connectivity index (χ4n) is 4.44. The summed E-state index contributed by atoms with van der Waals surface area (Å²) in [6, 6.07) is 12.4. The SMILES string of the molecule is CCOc1ccc(S(=O)(=O)N2CCCCC2)cc1NC(=O)CN1C(=O)N[C@](C)(c2ccccc2)C1=O. The van der Waals surface area contributed by atoms with Gasteiger partial charge < -0.3 is 15.4 Å². The third kappa shape index (κ3) is 4.93. The number of amides is 4. The van der Waals surface area contributed by atoms with E-state index in [9.17, 15) is 22.8 Å². The second-order valence-corrected chi connectivity index (χ2v) is 10.9. The van der Waals surface area contributed by atoms with Crippen molar-refractivity contribution in [3.8, 4) is 5.75 Å². The number of ether oxygens (including phenoxy) is 1. The van der Waals surface area contributed by atoms with Crippen molar-refractivity contribution in [2.75, 3.05) is 31.6 Å². The van der Waals surface area contributed by atoms with E-state index in [0.717, 1.165) is 24.2 Å². The van der Waals surface area contributed by atoms with Crippen LogP contribution >= 0.6 is 0 Å². The van der Waals surface area contributed by atoms with E-state index in [1.807, 2.05) is 0 Å². The molecule has 2 aromatic carbocycles. The zero-order valence-corrected chi connectivity index (χ0v) is 21.1. The van der Waals surface area contributed by atoms with Gasteiger partial charge in [-0.05, 0) is 50.5 Å². The zero-order chi connectivity index (χ0) is 25.9. The van der Waals surface area contributed by atoms with Crippen LogP contribution in [0.2, 0.25) is 0 Å². The summed E-state index contributed by atoms with van der Waals surface area (Å²) in [7, 11) is -3.74. The second-order valence-electron chi connectivity index (χ2n) is 8.92. The molecule has 0 bridgehead atoms. The zero-order valence-electron chi connectivity index (χ0n) is 20.3. The Morgan fingerprint density at radius 1 is 1.08 bits per heavy atom. The first kappa shape index (κ1) is 25.6. The van der Waals surface area contributed by atoms with Crippen molar-refractivity contribution in [1.29, 1.82) is 0 Å². The molecule has 0 unspecified atom stereocenters.